The van der Waals surface area contributed by atoms with Gasteiger partial charge in [-0.3, -0.25) is 10.1 Å². The van der Waals surface area contributed by atoms with E-state index in [1.165, 1.54) is 11.3 Å². The topological polar surface area (TPSA) is 86.2 Å². The Bertz CT molecular complexity index is 1290. The monoisotopic (exact) mass is 482 g/mol. The summed E-state index contributed by atoms with van der Waals surface area (Å²) >= 11 is 7.38. The zero-order chi connectivity index (χ0) is 23.6. The van der Waals surface area contributed by atoms with Gasteiger partial charge in [-0.15, -0.1) is 11.3 Å². The molecule has 0 aliphatic carbocycles. The lowest BCUT2D eigenvalue weighted by molar-refractivity contribution is -0.122. The van der Waals surface area contributed by atoms with Crippen molar-refractivity contribution in [2.24, 2.45) is 0 Å². The number of nitrogens with one attached hydrogen (secondary N) is 1. The van der Waals surface area contributed by atoms with Crippen molar-refractivity contribution >= 4 is 45.0 Å². The molecule has 0 spiro atoms. The Hall–Kier alpha value is -3.23. The minimum Gasteiger partial charge on any atom is -0.481 e. The fourth-order valence-corrected chi connectivity index (χ4v) is 3.97. The summed E-state index contributed by atoms with van der Waals surface area (Å²) in [5, 5.41) is 5.93. The Morgan fingerprint density at radius 3 is 2.48 bits per heavy atom. The molecule has 1 N–H and O–H groups in total. The van der Waals surface area contributed by atoms with Crippen LogP contribution in [0.2, 0.25) is 5.02 Å². The van der Waals surface area contributed by atoms with Crippen LogP contribution in [-0.4, -0.2) is 27.0 Å². The number of hydrogen-bond donors (Lipinski definition) is 1. The normalized spacial score (nSPS) is 12.4. The largest absolute Gasteiger partial charge is 0.481 e. The van der Waals surface area contributed by atoms with Crippen molar-refractivity contribution in [3.8, 4) is 17.4 Å². The molecule has 0 fully saturated rings. The molecule has 0 aliphatic rings. The van der Waals surface area contributed by atoms with Crippen LogP contribution in [-0.2, 0) is 10.2 Å². The second-order valence-electron chi connectivity index (χ2n) is 8.45. The smallest absolute Gasteiger partial charge is 0.266 e. The van der Waals surface area contributed by atoms with Gasteiger partial charge in [0.25, 0.3) is 5.91 Å². The van der Waals surface area contributed by atoms with Gasteiger partial charge in [-0.2, -0.15) is 0 Å². The molecule has 0 aliphatic heterocycles. The molecule has 2 aromatic heterocycles. The van der Waals surface area contributed by atoms with Crippen LogP contribution in [0, 0.1) is 0 Å². The third kappa shape index (κ3) is 5.77. The molecule has 7 nitrogen and oxygen atoms in total. The number of benzene rings is 2. The molecule has 170 valence electrons. The predicted octanol–water partition coefficient (Wildman–Crippen LogP) is 6.24. The van der Waals surface area contributed by atoms with Crippen LogP contribution in [0.15, 0.2) is 54.0 Å². The van der Waals surface area contributed by atoms with E-state index in [2.05, 4.69) is 41.0 Å². The van der Waals surface area contributed by atoms with Gasteiger partial charge in [-0.1, -0.05) is 32.4 Å². The molecule has 1 atom stereocenters. The Morgan fingerprint density at radius 1 is 1.06 bits per heavy atom. The van der Waals surface area contributed by atoms with Crippen LogP contribution < -0.4 is 14.8 Å². The molecule has 9 heteroatoms. The number of anilines is 1. The number of nitrogens with zero attached hydrogens (tertiary/aromatic N) is 3. The number of carbonyl (C=O) groups excluding carboxylic acids is 1. The van der Waals surface area contributed by atoms with Gasteiger partial charge in [0.1, 0.15) is 11.5 Å². The molecule has 0 saturated carbocycles. The van der Waals surface area contributed by atoms with Gasteiger partial charge >= 0.3 is 0 Å². The highest BCUT2D eigenvalue weighted by atomic mass is 35.5. The molecule has 4 rings (SSSR count). The number of halogens is 1. The van der Waals surface area contributed by atoms with Crippen molar-refractivity contribution in [3.63, 3.8) is 0 Å². The van der Waals surface area contributed by atoms with Gasteiger partial charge in [0.05, 0.1) is 22.9 Å². The Morgan fingerprint density at radius 2 is 1.79 bits per heavy atom. The molecule has 2 heterocycles. The van der Waals surface area contributed by atoms with E-state index in [9.17, 15) is 4.79 Å². The van der Waals surface area contributed by atoms with Gasteiger partial charge < -0.3 is 9.47 Å². The standard InChI is InChI=1S/C24H23ClN4O3S/c1-14(22(30)29-23-28-20(13-33-23)24(2,3)4)31-16-6-8-17(9-7-16)32-21-12-26-19-11-15(25)5-10-18(19)27-21/h5-14H,1-4H3,(H,28,29,30)/t14-/m1/s1. The van der Waals surface area contributed by atoms with E-state index in [1.807, 2.05) is 5.38 Å². The van der Waals surface area contributed by atoms with Crippen molar-refractivity contribution in [3.05, 3.63) is 64.8 Å². The van der Waals surface area contributed by atoms with E-state index in [-0.39, 0.29) is 11.3 Å². The highest BCUT2D eigenvalue weighted by Gasteiger charge is 2.20. The van der Waals surface area contributed by atoms with Crippen LogP contribution in [0.5, 0.6) is 17.4 Å². The summed E-state index contributed by atoms with van der Waals surface area (Å²) in [5.41, 5.74) is 2.24. The average Bonchev–Trinajstić information content (AvgIpc) is 3.24. The van der Waals surface area contributed by atoms with Crippen LogP contribution >= 0.6 is 22.9 Å². The maximum absolute atomic E-state index is 12.5. The molecule has 0 bridgehead atoms. The van der Waals surface area contributed by atoms with Crippen molar-refractivity contribution in [2.45, 2.75) is 39.2 Å². The molecule has 33 heavy (non-hydrogen) atoms. The molecular weight excluding hydrogens is 460 g/mol. The highest BCUT2D eigenvalue weighted by Crippen LogP contribution is 2.27. The zero-order valence-corrected chi connectivity index (χ0v) is 20.2. The van der Waals surface area contributed by atoms with E-state index >= 15 is 0 Å². The Balaban J connectivity index is 1.35. The van der Waals surface area contributed by atoms with Crippen molar-refractivity contribution in [1.29, 1.82) is 0 Å². The lowest BCUT2D eigenvalue weighted by atomic mass is 9.93. The first kappa shape index (κ1) is 22.9. The SMILES string of the molecule is C[C@@H](Oc1ccc(Oc2cnc3cc(Cl)ccc3n2)cc1)C(=O)Nc1nc(C(C)(C)C)cs1. The third-order valence-corrected chi connectivity index (χ3v) is 5.71. The third-order valence-electron chi connectivity index (χ3n) is 4.71. The van der Waals surface area contributed by atoms with Gasteiger partial charge in [-0.05, 0) is 49.4 Å². The fourth-order valence-electron chi connectivity index (χ4n) is 2.86. The van der Waals surface area contributed by atoms with Crippen molar-refractivity contribution in [1.82, 2.24) is 15.0 Å². The predicted molar refractivity (Wildman–Crippen MR) is 131 cm³/mol. The van der Waals surface area contributed by atoms with Gasteiger partial charge in [0.15, 0.2) is 11.2 Å². The summed E-state index contributed by atoms with van der Waals surface area (Å²) in [4.78, 5) is 25.7. The van der Waals surface area contributed by atoms with Crippen molar-refractivity contribution < 1.29 is 14.3 Å². The summed E-state index contributed by atoms with van der Waals surface area (Å²) in [6.07, 6.45) is 0.844. The van der Waals surface area contributed by atoms with E-state index in [0.717, 1.165) is 5.69 Å². The molecule has 0 saturated heterocycles. The van der Waals surface area contributed by atoms with E-state index in [1.54, 1.807) is 55.6 Å². The number of aromatic nitrogens is 3. The van der Waals surface area contributed by atoms with Gasteiger partial charge in [0, 0.05) is 15.8 Å². The minimum absolute atomic E-state index is 0.0719. The second kappa shape index (κ2) is 9.33. The first-order valence-electron chi connectivity index (χ1n) is 10.3. The molecule has 0 unspecified atom stereocenters. The number of carbonyl (C=O) groups is 1. The van der Waals surface area contributed by atoms with Crippen LogP contribution in [0.1, 0.15) is 33.4 Å². The number of rotatable bonds is 6. The molecule has 1 amide bonds. The highest BCUT2D eigenvalue weighted by molar-refractivity contribution is 7.14. The van der Waals surface area contributed by atoms with E-state index in [0.29, 0.717) is 38.6 Å². The van der Waals surface area contributed by atoms with E-state index in [4.69, 9.17) is 21.1 Å². The Labute approximate surface area is 200 Å². The average molecular weight is 483 g/mol. The summed E-state index contributed by atoms with van der Waals surface area (Å²) in [6, 6.07) is 12.2. The number of thiazole rings is 1. The summed E-state index contributed by atoms with van der Waals surface area (Å²) < 4.78 is 11.5. The van der Waals surface area contributed by atoms with E-state index < -0.39 is 6.10 Å². The molecule has 4 aromatic rings. The summed E-state index contributed by atoms with van der Waals surface area (Å²) in [5.74, 6) is 1.21. The maximum atomic E-state index is 12.5. The van der Waals surface area contributed by atoms with Crippen molar-refractivity contribution in [2.75, 3.05) is 5.32 Å². The number of amides is 1. The van der Waals surface area contributed by atoms with Crippen LogP contribution in [0.25, 0.3) is 11.0 Å². The summed E-state index contributed by atoms with van der Waals surface area (Å²) in [7, 11) is 0. The molecular formula is C24H23ClN4O3S. The summed E-state index contributed by atoms with van der Waals surface area (Å²) in [6.45, 7) is 7.93. The van der Waals surface area contributed by atoms with Gasteiger partial charge in [-0.25, -0.2) is 15.0 Å². The first-order chi connectivity index (χ1) is 15.7. The molecule has 0 radical (unpaired) electrons. The lowest BCUT2D eigenvalue weighted by Gasteiger charge is -2.15. The maximum Gasteiger partial charge on any atom is 0.266 e. The first-order valence-corrected chi connectivity index (χ1v) is 11.6. The van der Waals surface area contributed by atoms with Crippen LogP contribution in [0.4, 0.5) is 5.13 Å². The van der Waals surface area contributed by atoms with Gasteiger partial charge in [0.2, 0.25) is 5.88 Å². The second-order valence-corrected chi connectivity index (χ2v) is 9.75. The quantitative estimate of drug-likeness (QED) is 0.350. The number of ether oxygens (including phenoxy) is 2. The zero-order valence-electron chi connectivity index (χ0n) is 18.6. The lowest BCUT2D eigenvalue weighted by Crippen LogP contribution is -2.30. The van der Waals surface area contributed by atoms with Crippen LogP contribution in [0.3, 0.4) is 0 Å². The number of hydrogen-bond acceptors (Lipinski definition) is 7. The Kier molecular flexibility index (Phi) is 6.49. The minimum atomic E-state index is -0.697. The molecule has 2 aromatic carbocycles. The fraction of sp³-hybridized carbons (Fsp3) is 0.250. The number of fused-ring (bicyclic) bond motifs is 1.